The van der Waals surface area contributed by atoms with Crippen LogP contribution in [-0.2, 0) is 10.2 Å². The second-order valence-corrected chi connectivity index (χ2v) is 7.93. The van der Waals surface area contributed by atoms with Gasteiger partial charge in [-0.25, -0.2) is 9.18 Å². The molecule has 1 aliphatic carbocycles. The lowest BCUT2D eigenvalue weighted by Crippen LogP contribution is -2.42. The maximum atomic E-state index is 13.5. The van der Waals surface area contributed by atoms with Crippen molar-refractivity contribution in [1.29, 1.82) is 0 Å². The Morgan fingerprint density at radius 1 is 1.22 bits per heavy atom. The van der Waals surface area contributed by atoms with Crippen molar-refractivity contribution in [3.8, 4) is 0 Å². The molecule has 1 saturated carbocycles. The predicted octanol–water partition coefficient (Wildman–Crippen LogP) is 2.94. The average Bonchev–Trinajstić information content (AvgIpc) is 3.37. The van der Waals surface area contributed by atoms with Crippen LogP contribution in [0.5, 0.6) is 0 Å². The number of aliphatic imine (C=N–C) groups is 1. The van der Waals surface area contributed by atoms with Gasteiger partial charge in [0.2, 0.25) is 0 Å². The lowest BCUT2D eigenvalue weighted by atomic mass is 9.96. The van der Waals surface area contributed by atoms with E-state index < -0.39 is 11.7 Å². The summed E-state index contributed by atoms with van der Waals surface area (Å²) in [6, 6.07) is 6.83. The molecule has 7 heteroatoms. The number of rotatable bonds is 7. The van der Waals surface area contributed by atoms with Crippen LogP contribution in [0.15, 0.2) is 29.3 Å². The number of amides is 1. The van der Waals surface area contributed by atoms with Crippen LogP contribution < -0.4 is 16.0 Å². The molecular formula is C20H31FN4O2. The molecule has 0 heterocycles. The van der Waals surface area contributed by atoms with Crippen molar-refractivity contribution < 1.29 is 13.9 Å². The van der Waals surface area contributed by atoms with Crippen LogP contribution in [0.3, 0.4) is 0 Å². The Kier molecular flexibility index (Phi) is 7.05. The molecule has 1 aliphatic rings. The molecule has 1 aromatic carbocycles. The fourth-order valence-electron chi connectivity index (χ4n) is 2.81. The van der Waals surface area contributed by atoms with Crippen LogP contribution in [0.2, 0.25) is 0 Å². The minimum atomic E-state index is -0.491. The predicted molar refractivity (Wildman–Crippen MR) is 106 cm³/mol. The van der Waals surface area contributed by atoms with Crippen molar-refractivity contribution in [2.24, 2.45) is 4.99 Å². The molecule has 27 heavy (non-hydrogen) atoms. The molecule has 0 unspecified atom stereocenters. The lowest BCUT2D eigenvalue weighted by molar-refractivity contribution is 0.0527. The number of carbonyl (C=O) groups is 1. The first-order chi connectivity index (χ1) is 12.7. The standard InChI is InChI=1S/C20H31FN4O2/c1-19(2,3)27-18(26)24-12-6-11-23-17(22-4)25-14-20(9-10-20)15-7-5-8-16(21)13-15/h5,7-8,13H,6,9-12,14H2,1-4H3,(H,24,26)(H2,22,23,25). The van der Waals surface area contributed by atoms with E-state index in [-0.39, 0.29) is 11.2 Å². The van der Waals surface area contributed by atoms with Gasteiger partial charge in [0.05, 0.1) is 0 Å². The summed E-state index contributed by atoms with van der Waals surface area (Å²) in [7, 11) is 1.72. The van der Waals surface area contributed by atoms with E-state index in [1.807, 2.05) is 26.8 Å². The molecule has 1 fully saturated rings. The largest absolute Gasteiger partial charge is 0.444 e. The Morgan fingerprint density at radius 3 is 2.52 bits per heavy atom. The summed E-state index contributed by atoms with van der Waals surface area (Å²) in [6.07, 6.45) is 2.42. The van der Waals surface area contributed by atoms with E-state index in [4.69, 9.17) is 4.74 Å². The molecule has 0 aromatic heterocycles. The van der Waals surface area contributed by atoms with E-state index in [0.717, 1.165) is 24.8 Å². The van der Waals surface area contributed by atoms with Crippen molar-refractivity contribution in [1.82, 2.24) is 16.0 Å². The SMILES string of the molecule is CN=C(NCCCNC(=O)OC(C)(C)C)NCC1(c2cccc(F)c2)CC1. The number of benzene rings is 1. The Labute approximate surface area is 161 Å². The highest BCUT2D eigenvalue weighted by atomic mass is 19.1. The molecule has 0 bridgehead atoms. The molecule has 0 aliphatic heterocycles. The third-order valence-electron chi connectivity index (χ3n) is 4.42. The molecule has 3 N–H and O–H groups in total. The zero-order valence-corrected chi connectivity index (χ0v) is 16.7. The summed E-state index contributed by atoms with van der Waals surface area (Å²) >= 11 is 0. The molecule has 0 saturated heterocycles. The van der Waals surface area contributed by atoms with Gasteiger partial charge in [0.1, 0.15) is 11.4 Å². The molecule has 0 radical (unpaired) electrons. The van der Waals surface area contributed by atoms with E-state index >= 15 is 0 Å². The van der Waals surface area contributed by atoms with Gasteiger partial charge in [0.15, 0.2) is 5.96 Å². The molecule has 6 nitrogen and oxygen atoms in total. The second-order valence-electron chi connectivity index (χ2n) is 7.93. The molecule has 0 spiro atoms. The first-order valence-corrected chi connectivity index (χ1v) is 9.41. The van der Waals surface area contributed by atoms with Crippen molar-refractivity contribution in [2.45, 2.75) is 51.0 Å². The fraction of sp³-hybridized carbons (Fsp3) is 0.600. The highest BCUT2D eigenvalue weighted by Gasteiger charge is 2.44. The van der Waals surface area contributed by atoms with Gasteiger partial charge in [-0.3, -0.25) is 4.99 Å². The number of nitrogens with zero attached hydrogens (tertiary/aromatic N) is 1. The highest BCUT2D eigenvalue weighted by molar-refractivity contribution is 5.79. The second kappa shape index (κ2) is 9.06. The van der Waals surface area contributed by atoms with E-state index in [1.54, 1.807) is 19.2 Å². The topological polar surface area (TPSA) is 74.8 Å². The van der Waals surface area contributed by atoms with Gasteiger partial charge < -0.3 is 20.7 Å². The first-order valence-electron chi connectivity index (χ1n) is 9.41. The number of hydrogen-bond donors (Lipinski definition) is 3. The average molecular weight is 378 g/mol. The Hall–Kier alpha value is -2.31. The molecule has 2 rings (SSSR count). The minimum Gasteiger partial charge on any atom is -0.444 e. The monoisotopic (exact) mass is 378 g/mol. The smallest absolute Gasteiger partial charge is 0.407 e. The van der Waals surface area contributed by atoms with Crippen LogP contribution in [0.4, 0.5) is 9.18 Å². The van der Waals surface area contributed by atoms with Crippen LogP contribution >= 0.6 is 0 Å². The van der Waals surface area contributed by atoms with Gasteiger partial charge in [-0.05, 0) is 57.7 Å². The summed E-state index contributed by atoms with van der Waals surface area (Å²) in [5.41, 5.74) is 0.541. The summed E-state index contributed by atoms with van der Waals surface area (Å²) in [4.78, 5) is 15.8. The normalized spacial score (nSPS) is 15.8. The summed E-state index contributed by atoms with van der Waals surface area (Å²) in [6.45, 7) is 7.40. The first kappa shape index (κ1) is 21.0. The van der Waals surface area contributed by atoms with Gasteiger partial charge >= 0.3 is 6.09 Å². The van der Waals surface area contributed by atoms with Gasteiger partial charge in [0.25, 0.3) is 0 Å². The highest BCUT2D eigenvalue weighted by Crippen LogP contribution is 2.47. The van der Waals surface area contributed by atoms with Crippen LogP contribution in [-0.4, -0.2) is 44.3 Å². The third-order valence-corrected chi connectivity index (χ3v) is 4.42. The number of guanidine groups is 1. The number of carbonyl (C=O) groups excluding carboxylic acids is 1. The fourth-order valence-corrected chi connectivity index (χ4v) is 2.81. The van der Waals surface area contributed by atoms with Crippen LogP contribution in [0.25, 0.3) is 0 Å². The van der Waals surface area contributed by atoms with Crippen molar-refractivity contribution in [3.05, 3.63) is 35.6 Å². The Bertz CT molecular complexity index is 666. The van der Waals surface area contributed by atoms with E-state index in [1.165, 1.54) is 6.07 Å². The molecule has 1 aromatic rings. The number of alkyl carbamates (subject to hydrolysis) is 1. The maximum absolute atomic E-state index is 13.5. The van der Waals surface area contributed by atoms with E-state index in [0.29, 0.717) is 25.6 Å². The summed E-state index contributed by atoms with van der Waals surface area (Å²) in [5, 5.41) is 9.28. The van der Waals surface area contributed by atoms with Gasteiger partial charge in [-0.2, -0.15) is 0 Å². The Balaban J connectivity index is 1.67. The zero-order chi connectivity index (χ0) is 19.9. The number of hydrogen-bond acceptors (Lipinski definition) is 3. The van der Waals surface area contributed by atoms with Crippen molar-refractivity contribution in [3.63, 3.8) is 0 Å². The molecule has 1 amide bonds. The molecule has 150 valence electrons. The van der Waals surface area contributed by atoms with Crippen molar-refractivity contribution in [2.75, 3.05) is 26.7 Å². The minimum absolute atomic E-state index is 0.00199. The Morgan fingerprint density at radius 2 is 1.93 bits per heavy atom. The quantitative estimate of drug-likeness (QED) is 0.387. The van der Waals surface area contributed by atoms with Crippen LogP contribution in [0, 0.1) is 5.82 Å². The van der Waals surface area contributed by atoms with Gasteiger partial charge in [-0.15, -0.1) is 0 Å². The summed E-state index contributed by atoms with van der Waals surface area (Å²) < 4.78 is 18.7. The maximum Gasteiger partial charge on any atom is 0.407 e. The molecular weight excluding hydrogens is 347 g/mol. The lowest BCUT2D eigenvalue weighted by Gasteiger charge is -2.20. The zero-order valence-electron chi connectivity index (χ0n) is 16.7. The van der Waals surface area contributed by atoms with Gasteiger partial charge in [-0.1, -0.05) is 12.1 Å². The van der Waals surface area contributed by atoms with E-state index in [2.05, 4.69) is 20.9 Å². The number of ether oxygens (including phenoxy) is 1. The summed E-state index contributed by atoms with van der Waals surface area (Å²) in [5.74, 6) is 0.508. The van der Waals surface area contributed by atoms with Crippen molar-refractivity contribution >= 4 is 12.1 Å². The number of nitrogens with one attached hydrogen (secondary N) is 3. The van der Waals surface area contributed by atoms with Crippen LogP contribution in [0.1, 0.15) is 45.6 Å². The molecule has 0 atom stereocenters. The number of halogens is 1. The van der Waals surface area contributed by atoms with Gasteiger partial charge in [0, 0.05) is 32.1 Å². The van der Waals surface area contributed by atoms with E-state index in [9.17, 15) is 9.18 Å². The third kappa shape index (κ3) is 7.07.